The van der Waals surface area contributed by atoms with Gasteiger partial charge in [-0.25, -0.2) is 0 Å². The van der Waals surface area contributed by atoms with Crippen molar-refractivity contribution in [3.05, 3.63) is 23.8 Å². The summed E-state index contributed by atoms with van der Waals surface area (Å²) in [6, 6.07) is 0. The average molecular weight is 204 g/mol. The van der Waals surface area contributed by atoms with Crippen LogP contribution in [0.2, 0.25) is 0 Å². The molecule has 2 aliphatic rings. The van der Waals surface area contributed by atoms with Crippen molar-refractivity contribution in [3.63, 3.8) is 0 Å². The molecule has 0 aliphatic heterocycles. The van der Waals surface area contributed by atoms with Crippen LogP contribution in [0.15, 0.2) is 23.8 Å². The molecule has 0 N–H and O–H groups in total. The lowest BCUT2D eigenvalue weighted by molar-refractivity contribution is -0.120. The van der Waals surface area contributed by atoms with E-state index in [1.807, 2.05) is 6.08 Å². The number of hydrogen-bond donors (Lipinski definition) is 0. The molecule has 0 spiro atoms. The Balaban J connectivity index is 2.59. The minimum atomic E-state index is 0.0805. The van der Waals surface area contributed by atoms with Crippen molar-refractivity contribution in [1.29, 1.82) is 0 Å². The fraction of sp³-hybridized carbons (Fsp3) is 0.643. The molecule has 0 aromatic carbocycles. The van der Waals surface area contributed by atoms with Gasteiger partial charge in [0.15, 0.2) is 5.78 Å². The molecule has 1 saturated carbocycles. The summed E-state index contributed by atoms with van der Waals surface area (Å²) < 4.78 is 0. The van der Waals surface area contributed by atoms with Crippen molar-refractivity contribution in [3.8, 4) is 0 Å². The highest BCUT2D eigenvalue weighted by molar-refractivity contribution is 5.96. The third-order valence-electron chi connectivity index (χ3n) is 4.82. The van der Waals surface area contributed by atoms with Gasteiger partial charge in [-0.2, -0.15) is 0 Å². The molecule has 1 nitrogen and oxygen atoms in total. The van der Waals surface area contributed by atoms with Crippen molar-refractivity contribution in [1.82, 2.24) is 0 Å². The molecule has 15 heavy (non-hydrogen) atoms. The number of rotatable bonds is 0. The summed E-state index contributed by atoms with van der Waals surface area (Å²) in [4.78, 5) is 12.0. The van der Waals surface area contributed by atoms with E-state index in [1.54, 1.807) is 6.08 Å². The zero-order valence-corrected chi connectivity index (χ0v) is 10.3. The zero-order valence-electron chi connectivity index (χ0n) is 10.3. The number of fused-ring (bicyclic) bond motifs is 1. The minimum absolute atomic E-state index is 0.0805. The van der Waals surface area contributed by atoms with Crippen LogP contribution >= 0.6 is 0 Å². The maximum atomic E-state index is 12.0. The summed E-state index contributed by atoms with van der Waals surface area (Å²) >= 11 is 0. The molecular formula is C14H20O. The lowest BCUT2D eigenvalue weighted by Crippen LogP contribution is -2.30. The van der Waals surface area contributed by atoms with Crippen LogP contribution < -0.4 is 0 Å². The highest BCUT2D eigenvalue weighted by Gasteiger charge is 2.56. The van der Waals surface area contributed by atoms with Crippen molar-refractivity contribution in [2.24, 2.45) is 22.7 Å². The van der Waals surface area contributed by atoms with Gasteiger partial charge in [-0.05, 0) is 22.8 Å². The van der Waals surface area contributed by atoms with E-state index in [4.69, 9.17) is 0 Å². The first-order valence-electron chi connectivity index (χ1n) is 5.72. The van der Waals surface area contributed by atoms with Crippen molar-refractivity contribution in [2.45, 2.75) is 34.6 Å². The molecular weight excluding hydrogens is 184 g/mol. The molecule has 0 amide bonds. The molecule has 82 valence electrons. The van der Waals surface area contributed by atoms with Crippen LogP contribution in [0.3, 0.4) is 0 Å². The summed E-state index contributed by atoms with van der Waals surface area (Å²) in [5, 5.41) is 0. The first-order chi connectivity index (χ1) is 6.79. The lowest BCUT2D eigenvalue weighted by atomic mass is 9.71. The van der Waals surface area contributed by atoms with Gasteiger partial charge in [-0.1, -0.05) is 52.3 Å². The van der Waals surface area contributed by atoms with E-state index in [2.05, 4.69) is 40.7 Å². The molecule has 0 heterocycles. The molecule has 0 aromatic rings. The SMILES string of the molecule is CC1C(C)(C)C2=CC=CC(=O)C2C1(C)C. The normalized spacial score (nSPS) is 36.3. The van der Waals surface area contributed by atoms with E-state index < -0.39 is 0 Å². The van der Waals surface area contributed by atoms with Crippen LogP contribution in [-0.2, 0) is 4.79 Å². The fourth-order valence-corrected chi connectivity index (χ4v) is 3.38. The Morgan fingerprint density at radius 2 is 1.80 bits per heavy atom. The summed E-state index contributed by atoms with van der Waals surface area (Å²) in [7, 11) is 0. The Labute approximate surface area is 92.3 Å². The second-order valence-corrected chi connectivity index (χ2v) is 6.08. The summed E-state index contributed by atoms with van der Waals surface area (Å²) in [6.45, 7) is 11.2. The summed E-state index contributed by atoms with van der Waals surface area (Å²) in [5.74, 6) is 0.924. The number of hydrogen-bond acceptors (Lipinski definition) is 1. The molecule has 0 radical (unpaired) electrons. The second kappa shape index (κ2) is 2.84. The van der Waals surface area contributed by atoms with Crippen molar-refractivity contribution < 1.29 is 4.79 Å². The molecule has 2 rings (SSSR count). The van der Waals surface area contributed by atoms with Crippen LogP contribution in [0.25, 0.3) is 0 Å². The average Bonchev–Trinajstić information content (AvgIpc) is 2.27. The molecule has 0 aromatic heterocycles. The molecule has 2 aliphatic carbocycles. The van der Waals surface area contributed by atoms with Gasteiger partial charge < -0.3 is 0 Å². The van der Waals surface area contributed by atoms with Crippen LogP contribution in [0, 0.1) is 22.7 Å². The third-order valence-corrected chi connectivity index (χ3v) is 4.82. The molecule has 2 atom stereocenters. The predicted octanol–water partition coefficient (Wildman–Crippen LogP) is 3.37. The van der Waals surface area contributed by atoms with Crippen LogP contribution in [0.5, 0.6) is 0 Å². The van der Waals surface area contributed by atoms with Crippen LogP contribution in [0.1, 0.15) is 34.6 Å². The Morgan fingerprint density at radius 1 is 1.20 bits per heavy atom. The van der Waals surface area contributed by atoms with E-state index in [0.29, 0.717) is 5.92 Å². The third kappa shape index (κ3) is 1.18. The Kier molecular flexibility index (Phi) is 2.02. The Hall–Kier alpha value is -0.850. The molecule has 0 saturated heterocycles. The highest BCUT2D eigenvalue weighted by Crippen LogP contribution is 2.61. The summed E-state index contributed by atoms with van der Waals surface area (Å²) in [5.41, 5.74) is 1.55. The van der Waals surface area contributed by atoms with Crippen molar-refractivity contribution in [2.75, 3.05) is 0 Å². The fourth-order valence-electron chi connectivity index (χ4n) is 3.38. The smallest absolute Gasteiger partial charge is 0.163 e. The van der Waals surface area contributed by atoms with Crippen LogP contribution in [0.4, 0.5) is 0 Å². The van der Waals surface area contributed by atoms with Gasteiger partial charge in [0, 0.05) is 5.92 Å². The lowest BCUT2D eigenvalue weighted by Gasteiger charge is -2.32. The second-order valence-electron chi connectivity index (χ2n) is 6.08. The largest absolute Gasteiger partial charge is 0.294 e. The van der Waals surface area contributed by atoms with Gasteiger partial charge in [0.2, 0.25) is 0 Å². The number of allylic oxidation sites excluding steroid dienone is 4. The Bertz CT molecular complexity index is 369. The van der Waals surface area contributed by atoms with Gasteiger partial charge >= 0.3 is 0 Å². The maximum Gasteiger partial charge on any atom is 0.163 e. The van der Waals surface area contributed by atoms with Gasteiger partial charge in [0.05, 0.1) is 0 Å². The Morgan fingerprint density at radius 3 is 2.33 bits per heavy atom. The molecule has 2 unspecified atom stereocenters. The molecule has 0 bridgehead atoms. The standard InChI is InChI=1S/C14H20O/c1-9-13(2,3)10-7-6-8-11(15)12(10)14(9,4)5/h6-9,12H,1-5H3. The van der Waals surface area contributed by atoms with E-state index >= 15 is 0 Å². The van der Waals surface area contributed by atoms with E-state index in [1.165, 1.54) is 5.57 Å². The first-order valence-corrected chi connectivity index (χ1v) is 5.72. The summed E-state index contributed by atoms with van der Waals surface area (Å²) in [6.07, 6.45) is 5.78. The van der Waals surface area contributed by atoms with Gasteiger partial charge in [0.1, 0.15) is 0 Å². The molecule has 1 fully saturated rings. The highest BCUT2D eigenvalue weighted by atomic mass is 16.1. The van der Waals surface area contributed by atoms with E-state index in [-0.39, 0.29) is 22.5 Å². The molecule has 1 heteroatoms. The van der Waals surface area contributed by atoms with Crippen molar-refractivity contribution >= 4 is 5.78 Å². The number of ketones is 1. The predicted molar refractivity (Wildman–Crippen MR) is 62.4 cm³/mol. The van der Waals surface area contributed by atoms with E-state index in [9.17, 15) is 4.79 Å². The van der Waals surface area contributed by atoms with E-state index in [0.717, 1.165) is 0 Å². The first kappa shape index (κ1) is 10.7. The topological polar surface area (TPSA) is 17.1 Å². The monoisotopic (exact) mass is 204 g/mol. The van der Waals surface area contributed by atoms with Gasteiger partial charge in [-0.15, -0.1) is 0 Å². The van der Waals surface area contributed by atoms with Crippen LogP contribution in [-0.4, -0.2) is 5.78 Å². The van der Waals surface area contributed by atoms with Gasteiger partial charge in [-0.3, -0.25) is 4.79 Å². The maximum absolute atomic E-state index is 12.0. The minimum Gasteiger partial charge on any atom is -0.294 e. The van der Waals surface area contributed by atoms with Gasteiger partial charge in [0.25, 0.3) is 0 Å². The quantitative estimate of drug-likeness (QED) is 0.591. The number of carbonyl (C=O) groups excluding carboxylic acids is 1. The number of carbonyl (C=O) groups is 1. The zero-order chi connectivity index (χ0) is 11.4.